The maximum atomic E-state index is 11.7. The average molecular weight is 366 g/mol. The van der Waals surface area contributed by atoms with E-state index in [4.69, 9.17) is 19.7 Å². The second kappa shape index (κ2) is 16.8. The number of aliphatic hydroxyl groups excluding tert-OH is 2. The number of hydrogen-bond donors (Lipinski definition) is 2. The van der Waals surface area contributed by atoms with Gasteiger partial charge in [-0.2, -0.15) is 0 Å². The van der Waals surface area contributed by atoms with Crippen molar-refractivity contribution in [3.8, 4) is 11.8 Å². The summed E-state index contributed by atoms with van der Waals surface area (Å²) in [5.74, 6) is 5.50. The van der Waals surface area contributed by atoms with Crippen LogP contribution >= 0.6 is 0 Å². The van der Waals surface area contributed by atoms with Gasteiger partial charge in [0.2, 0.25) is 6.10 Å². The first kappa shape index (κ1) is 24.4. The van der Waals surface area contributed by atoms with Crippen molar-refractivity contribution in [1.29, 1.82) is 0 Å². The first-order chi connectivity index (χ1) is 12.5. The van der Waals surface area contributed by atoms with Crippen LogP contribution in [0.25, 0.3) is 0 Å². The predicted molar refractivity (Wildman–Crippen MR) is 103 cm³/mol. The molecule has 5 heteroatoms. The van der Waals surface area contributed by atoms with Crippen LogP contribution < -0.4 is 0 Å². The Hall–Kier alpha value is -1.61. The average Bonchev–Trinajstić information content (AvgIpc) is 2.65. The molecule has 0 aliphatic rings. The summed E-state index contributed by atoms with van der Waals surface area (Å²) < 4.78 is 9.77. The molecule has 3 atom stereocenters. The van der Waals surface area contributed by atoms with Crippen LogP contribution in [0.5, 0.6) is 0 Å². The summed E-state index contributed by atoms with van der Waals surface area (Å²) >= 11 is 0. The smallest absolute Gasteiger partial charge is 0.348 e. The van der Waals surface area contributed by atoms with Crippen LogP contribution in [-0.4, -0.2) is 48.7 Å². The lowest BCUT2D eigenvalue weighted by molar-refractivity contribution is -0.155. The molecular weight excluding hydrogens is 332 g/mol. The normalized spacial score (nSPS) is 14.3. The zero-order chi connectivity index (χ0) is 19.6. The van der Waals surface area contributed by atoms with E-state index in [-0.39, 0.29) is 6.61 Å². The lowest BCUT2D eigenvalue weighted by atomic mass is 9.97. The van der Waals surface area contributed by atoms with Gasteiger partial charge in [0.15, 0.2) is 0 Å². The fourth-order valence-corrected chi connectivity index (χ4v) is 2.30. The van der Waals surface area contributed by atoms with Crippen molar-refractivity contribution in [3.63, 3.8) is 0 Å². The molecule has 0 spiro atoms. The molecular formula is C21H34O5. The van der Waals surface area contributed by atoms with E-state index in [2.05, 4.69) is 25.3 Å². The lowest BCUT2D eigenvalue weighted by Gasteiger charge is -2.11. The predicted octanol–water partition coefficient (Wildman–Crippen LogP) is 3.01. The number of allylic oxidation sites excluding steroid dienone is 3. The number of carbonyl (C=O) groups is 1. The first-order valence-electron chi connectivity index (χ1n) is 9.30. The summed E-state index contributed by atoms with van der Waals surface area (Å²) in [7, 11) is 1.36. The molecule has 3 unspecified atom stereocenters. The molecule has 5 nitrogen and oxygen atoms in total. The van der Waals surface area contributed by atoms with Gasteiger partial charge in [-0.1, -0.05) is 50.2 Å². The molecule has 0 aromatic rings. The quantitative estimate of drug-likeness (QED) is 0.214. The third-order valence-corrected chi connectivity index (χ3v) is 3.92. The second-order valence-corrected chi connectivity index (χ2v) is 6.38. The van der Waals surface area contributed by atoms with Crippen molar-refractivity contribution < 1.29 is 24.5 Å². The topological polar surface area (TPSA) is 76.0 Å². The Balaban J connectivity index is 3.97. The van der Waals surface area contributed by atoms with Gasteiger partial charge in [0.25, 0.3) is 0 Å². The van der Waals surface area contributed by atoms with Gasteiger partial charge in [0.05, 0.1) is 6.61 Å². The summed E-state index contributed by atoms with van der Waals surface area (Å²) in [5.41, 5.74) is 0. The van der Waals surface area contributed by atoms with Gasteiger partial charge in [-0.25, -0.2) is 4.79 Å². The summed E-state index contributed by atoms with van der Waals surface area (Å²) in [6.45, 7) is 5.28. The molecule has 0 aromatic carbocycles. The standard InChI is InChI=1S/C21H34O5/c1-4-5-6-10-13-18(2)14-11-8-7-9-12-15-20(25-3)21(24)26-17-19(23)16-22/h4,7,9,18-20,22-23H,1,5-6,8,10-11,13-14,16-17H2,2-3H3. The summed E-state index contributed by atoms with van der Waals surface area (Å²) in [6, 6.07) is 0. The van der Waals surface area contributed by atoms with Crippen LogP contribution in [0.2, 0.25) is 0 Å². The van der Waals surface area contributed by atoms with Crippen molar-refractivity contribution in [1.82, 2.24) is 0 Å². The third-order valence-electron chi connectivity index (χ3n) is 3.92. The molecule has 2 N–H and O–H groups in total. The molecule has 0 aromatic heterocycles. The van der Waals surface area contributed by atoms with E-state index in [1.54, 1.807) is 6.08 Å². The molecule has 0 bridgehead atoms. The molecule has 0 saturated carbocycles. The number of rotatable bonds is 14. The van der Waals surface area contributed by atoms with Crippen LogP contribution in [-0.2, 0) is 14.3 Å². The highest BCUT2D eigenvalue weighted by molar-refractivity contribution is 5.78. The summed E-state index contributed by atoms with van der Waals surface area (Å²) in [6.07, 6.45) is 11.7. The van der Waals surface area contributed by atoms with Crippen LogP contribution in [0, 0.1) is 17.8 Å². The largest absolute Gasteiger partial charge is 0.460 e. The second-order valence-electron chi connectivity index (χ2n) is 6.38. The number of carbonyl (C=O) groups excluding carboxylic acids is 1. The molecule has 148 valence electrons. The van der Waals surface area contributed by atoms with Gasteiger partial charge in [-0.15, -0.1) is 6.58 Å². The Labute approximate surface area is 158 Å². The maximum absolute atomic E-state index is 11.7. The molecule has 0 heterocycles. The number of ether oxygens (including phenoxy) is 2. The van der Waals surface area contributed by atoms with Gasteiger partial charge < -0.3 is 19.7 Å². The molecule has 0 rings (SSSR count). The van der Waals surface area contributed by atoms with Crippen molar-refractivity contribution in [2.45, 2.75) is 64.1 Å². The zero-order valence-corrected chi connectivity index (χ0v) is 16.2. The molecule has 0 fully saturated rings. The van der Waals surface area contributed by atoms with Gasteiger partial charge in [0.1, 0.15) is 12.7 Å². The van der Waals surface area contributed by atoms with E-state index in [9.17, 15) is 4.79 Å². The lowest BCUT2D eigenvalue weighted by Crippen LogP contribution is -2.29. The van der Waals surface area contributed by atoms with E-state index in [1.165, 1.54) is 32.8 Å². The van der Waals surface area contributed by atoms with Crippen molar-refractivity contribution in [2.24, 2.45) is 5.92 Å². The van der Waals surface area contributed by atoms with E-state index < -0.39 is 24.8 Å². The third kappa shape index (κ3) is 13.7. The maximum Gasteiger partial charge on any atom is 0.348 e. The number of aliphatic hydroxyl groups is 2. The van der Waals surface area contributed by atoms with E-state index in [1.807, 2.05) is 12.2 Å². The van der Waals surface area contributed by atoms with Crippen LogP contribution in [0.4, 0.5) is 0 Å². The SMILES string of the molecule is C=CCCCCC(C)CCCC=CC#CC(OC)C(=O)OCC(O)CO. The number of unbranched alkanes of at least 4 members (excludes halogenated alkanes) is 3. The highest BCUT2D eigenvalue weighted by atomic mass is 16.6. The minimum Gasteiger partial charge on any atom is -0.460 e. The van der Waals surface area contributed by atoms with Crippen LogP contribution in [0.1, 0.15) is 51.9 Å². The summed E-state index contributed by atoms with van der Waals surface area (Å²) in [5, 5.41) is 17.8. The minimum atomic E-state index is -1.09. The zero-order valence-electron chi connectivity index (χ0n) is 16.2. The van der Waals surface area contributed by atoms with Crippen LogP contribution in [0.15, 0.2) is 24.8 Å². The fraction of sp³-hybridized carbons (Fsp3) is 0.667. The molecule has 0 aliphatic carbocycles. The van der Waals surface area contributed by atoms with Crippen molar-refractivity contribution in [3.05, 3.63) is 24.8 Å². The van der Waals surface area contributed by atoms with E-state index >= 15 is 0 Å². The van der Waals surface area contributed by atoms with Crippen molar-refractivity contribution >= 4 is 5.97 Å². The highest BCUT2D eigenvalue weighted by Crippen LogP contribution is 2.16. The summed E-state index contributed by atoms with van der Waals surface area (Å²) in [4.78, 5) is 11.7. The fourth-order valence-electron chi connectivity index (χ4n) is 2.30. The van der Waals surface area contributed by atoms with Gasteiger partial charge in [-0.3, -0.25) is 0 Å². The Morgan fingerprint density at radius 3 is 2.62 bits per heavy atom. The Morgan fingerprint density at radius 1 is 1.23 bits per heavy atom. The van der Waals surface area contributed by atoms with Gasteiger partial charge in [0, 0.05) is 7.11 Å². The molecule has 0 amide bonds. The monoisotopic (exact) mass is 366 g/mol. The first-order valence-corrected chi connectivity index (χ1v) is 9.30. The number of hydrogen-bond acceptors (Lipinski definition) is 5. The molecule has 0 saturated heterocycles. The molecule has 0 radical (unpaired) electrons. The van der Waals surface area contributed by atoms with Crippen molar-refractivity contribution in [2.75, 3.05) is 20.3 Å². The van der Waals surface area contributed by atoms with Gasteiger partial charge >= 0.3 is 5.97 Å². The van der Waals surface area contributed by atoms with Gasteiger partial charge in [-0.05, 0) is 37.7 Å². The van der Waals surface area contributed by atoms with E-state index in [0.29, 0.717) is 0 Å². The van der Waals surface area contributed by atoms with Crippen LogP contribution in [0.3, 0.4) is 0 Å². The molecule has 0 aliphatic heterocycles. The minimum absolute atomic E-state index is 0.279. The Morgan fingerprint density at radius 2 is 1.96 bits per heavy atom. The van der Waals surface area contributed by atoms with E-state index in [0.717, 1.165) is 25.2 Å². The molecule has 26 heavy (non-hydrogen) atoms. The number of esters is 1. The number of methoxy groups -OCH3 is 1. The Bertz CT molecular complexity index is 461. The highest BCUT2D eigenvalue weighted by Gasteiger charge is 2.17. The Kier molecular flexibility index (Phi) is 15.8.